The molecular formula is C45H29N9O2. The normalized spacial score (nSPS) is 11.6. The molecule has 0 spiro atoms. The molecule has 11 nitrogen and oxygen atoms in total. The Morgan fingerprint density at radius 1 is 0.375 bits per heavy atom. The quantitative estimate of drug-likeness (QED) is 0.121. The lowest BCUT2D eigenvalue weighted by atomic mass is 10.1. The molecule has 0 aliphatic rings. The fourth-order valence-corrected chi connectivity index (χ4v) is 7.02. The van der Waals surface area contributed by atoms with E-state index in [0.29, 0.717) is 34.3 Å². The molecule has 11 heteroatoms. The number of aromatic nitrogens is 9. The van der Waals surface area contributed by atoms with Crippen LogP contribution in [0.5, 0.6) is 0 Å². The standard InChI is InChI=1S/C45H29N9O2/c1-2-18-42-35(9-1)53-44(55-42)37-15-6-16-38(52-37)45-54-36-14-3-8-29(43(36)56-45)28-22-41(49-25-28)34-13-5-12-33(51-34)40-21-27(24-48-40)26-20-39(47-23-26)32-11-4-10-31(50-32)30-17-7-19-46-30/h1-25,46-49H. The second kappa shape index (κ2) is 12.8. The van der Waals surface area contributed by atoms with E-state index in [9.17, 15) is 0 Å². The van der Waals surface area contributed by atoms with Crippen LogP contribution in [-0.2, 0) is 0 Å². The molecule has 0 amide bonds. The molecule has 4 N–H and O–H groups in total. The summed E-state index contributed by atoms with van der Waals surface area (Å²) in [6, 6.07) is 41.6. The number of nitrogens with zero attached hydrogens (tertiary/aromatic N) is 5. The highest BCUT2D eigenvalue weighted by atomic mass is 16.4. The van der Waals surface area contributed by atoms with Crippen LogP contribution in [0.25, 0.3) is 113 Å². The van der Waals surface area contributed by atoms with E-state index < -0.39 is 0 Å². The van der Waals surface area contributed by atoms with E-state index in [1.165, 1.54) is 0 Å². The van der Waals surface area contributed by atoms with Crippen molar-refractivity contribution >= 4 is 22.2 Å². The fraction of sp³-hybridized carbons (Fsp3) is 0. The van der Waals surface area contributed by atoms with Gasteiger partial charge >= 0.3 is 0 Å². The molecular weight excluding hydrogens is 699 g/mol. The summed E-state index contributed by atoms with van der Waals surface area (Å²) in [5, 5.41) is 0. The Bertz CT molecular complexity index is 3140. The van der Waals surface area contributed by atoms with Crippen LogP contribution in [0.15, 0.2) is 161 Å². The van der Waals surface area contributed by atoms with Crippen molar-refractivity contribution in [1.82, 2.24) is 44.9 Å². The minimum absolute atomic E-state index is 0.412. The summed E-state index contributed by atoms with van der Waals surface area (Å²) in [6.07, 6.45) is 7.87. The van der Waals surface area contributed by atoms with Crippen molar-refractivity contribution in [3.63, 3.8) is 0 Å². The van der Waals surface area contributed by atoms with Gasteiger partial charge in [-0.3, -0.25) is 0 Å². The van der Waals surface area contributed by atoms with Crippen molar-refractivity contribution in [3.05, 3.63) is 152 Å². The van der Waals surface area contributed by atoms with Gasteiger partial charge < -0.3 is 28.8 Å². The molecule has 0 radical (unpaired) electrons. The zero-order chi connectivity index (χ0) is 37.0. The largest absolute Gasteiger partial charge is 0.435 e. The predicted octanol–water partition coefficient (Wildman–Crippen LogP) is 10.8. The average molecular weight is 728 g/mol. The summed E-state index contributed by atoms with van der Waals surface area (Å²) in [7, 11) is 0. The van der Waals surface area contributed by atoms with E-state index in [1.807, 2.05) is 134 Å². The van der Waals surface area contributed by atoms with Crippen LogP contribution >= 0.6 is 0 Å². The second-order valence-electron chi connectivity index (χ2n) is 13.4. The van der Waals surface area contributed by atoms with Gasteiger partial charge in [-0.25, -0.2) is 24.9 Å². The van der Waals surface area contributed by atoms with Crippen LogP contribution in [-0.4, -0.2) is 44.9 Å². The van der Waals surface area contributed by atoms with E-state index in [0.717, 1.165) is 78.8 Å². The highest BCUT2D eigenvalue weighted by Crippen LogP contribution is 2.35. The van der Waals surface area contributed by atoms with Gasteiger partial charge in [0.05, 0.1) is 45.6 Å². The molecule has 0 aliphatic carbocycles. The molecule has 0 aliphatic heterocycles. The lowest BCUT2D eigenvalue weighted by Crippen LogP contribution is -1.87. The van der Waals surface area contributed by atoms with E-state index in [2.05, 4.69) is 43.1 Å². The second-order valence-corrected chi connectivity index (χ2v) is 13.4. The molecule has 0 atom stereocenters. The van der Waals surface area contributed by atoms with E-state index in [-0.39, 0.29) is 0 Å². The Labute approximate surface area is 318 Å². The number of nitrogens with one attached hydrogen (secondary N) is 4. The zero-order valence-electron chi connectivity index (χ0n) is 29.5. The first-order valence-electron chi connectivity index (χ1n) is 18.1. The molecule has 2 aromatic carbocycles. The third-order valence-corrected chi connectivity index (χ3v) is 9.79. The maximum absolute atomic E-state index is 6.40. The maximum Gasteiger partial charge on any atom is 0.246 e. The minimum Gasteiger partial charge on any atom is -0.435 e. The number of fused-ring (bicyclic) bond motifs is 2. The number of hydrogen-bond acceptors (Lipinski definition) is 7. The molecule has 56 heavy (non-hydrogen) atoms. The number of aromatic amines is 4. The molecule has 9 heterocycles. The van der Waals surface area contributed by atoms with E-state index in [4.69, 9.17) is 28.8 Å². The van der Waals surface area contributed by atoms with Crippen molar-refractivity contribution < 1.29 is 8.83 Å². The molecule has 0 bridgehead atoms. The Morgan fingerprint density at radius 3 is 1.54 bits per heavy atom. The van der Waals surface area contributed by atoms with Gasteiger partial charge in [-0.2, -0.15) is 0 Å². The Morgan fingerprint density at radius 2 is 0.893 bits per heavy atom. The number of hydrogen-bond donors (Lipinski definition) is 4. The minimum atomic E-state index is 0.412. The topological polar surface area (TPSA) is 154 Å². The van der Waals surface area contributed by atoms with Crippen LogP contribution in [0.3, 0.4) is 0 Å². The summed E-state index contributed by atoms with van der Waals surface area (Å²) in [4.78, 5) is 37.5. The van der Waals surface area contributed by atoms with Gasteiger partial charge in [0.15, 0.2) is 11.2 Å². The smallest absolute Gasteiger partial charge is 0.246 e. The zero-order valence-corrected chi connectivity index (χ0v) is 29.5. The summed E-state index contributed by atoms with van der Waals surface area (Å²) in [5.74, 6) is 0.854. The van der Waals surface area contributed by atoms with Gasteiger partial charge in [0.25, 0.3) is 0 Å². The van der Waals surface area contributed by atoms with Gasteiger partial charge in [0, 0.05) is 47.0 Å². The number of H-pyrrole nitrogens is 4. The van der Waals surface area contributed by atoms with Gasteiger partial charge in [0.1, 0.15) is 22.4 Å². The van der Waals surface area contributed by atoms with Gasteiger partial charge in [-0.1, -0.05) is 42.5 Å². The fourth-order valence-electron chi connectivity index (χ4n) is 7.02. The molecule has 9 aromatic heterocycles. The number of pyridine rings is 3. The highest BCUT2D eigenvalue weighted by molar-refractivity contribution is 5.92. The van der Waals surface area contributed by atoms with Crippen LogP contribution < -0.4 is 0 Å². The van der Waals surface area contributed by atoms with Crippen LogP contribution in [0.1, 0.15) is 0 Å². The summed E-state index contributed by atoms with van der Waals surface area (Å²) in [5.41, 5.74) is 15.1. The lowest BCUT2D eigenvalue weighted by molar-refractivity contribution is 0.612. The molecule has 11 aromatic rings. The summed E-state index contributed by atoms with van der Waals surface area (Å²) >= 11 is 0. The molecule has 266 valence electrons. The van der Waals surface area contributed by atoms with Gasteiger partial charge in [-0.05, 0) is 84.9 Å². The third kappa shape index (κ3) is 5.58. The van der Waals surface area contributed by atoms with Crippen LogP contribution in [0.2, 0.25) is 0 Å². The Kier molecular flexibility index (Phi) is 7.20. The van der Waals surface area contributed by atoms with Gasteiger partial charge in [-0.15, -0.1) is 0 Å². The van der Waals surface area contributed by atoms with Gasteiger partial charge in [0.2, 0.25) is 11.8 Å². The number of para-hydroxylation sites is 3. The van der Waals surface area contributed by atoms with E-state index >= 15 is 0 Å². The first kappa shape index (κ1) is 31.5. The first-order chi connectivity index (χ1) is 27.7. The third-order valence-electron chi connectivity index (χ3n) is 9.79. The summed E-state index contributed by atoms with van der Waals surface area (Å²) < 4.78 is 12.4. The Hall–Kier alpha value is -8.05. The first-order valence-corrected chi connectivity index (χ1v) is 18.1. The SMILES string of the molecule is c1cc(-c2ccc[nH]2)nc(-c2cc(-c3c[nH]c(-c4cccc(-c5cc(-c6cccc7nc(-c8cccc(-c9nc%10ccccc%10o9)n8)oc67)c[nH]5)n4)c3)c[nH]2)c1. The van der Waals surface area contributed by atoms with Crippen molar-refractivity contribution in [2.24, 2.45) is 0 Å². The number of rotatable bonds is 8. The van der Waals surface area contributed by atoms with Crippen molar-refractivity contribution in [1.29, 1.82) is 0 Å². The van der Waals surface area contributed by atoms with Crippen molar-refractivity contribution in [2.45, 2.75) is 0 Å². The molecule has 0 saturated carbocycles. The lowest BCUT2D eigenvalue weighted by Gasteiger charge is -2.02. The highest BCUT2D eigenvalue weighted by Gasteiger charge is 2.18. The monoisotopic (exact) mass is 727 g/mol. The van der Waals surface area contributed by atoms with Crippen molar-refractivity contribution in [2.75, 3.05) is 0 Å². The van der Waals surface area contributed by atoms with Crippen LogP contribution in [0.4, 0.5) is 0 Å². The number of benzene rings is 2. The van der Waals surface area contributed by atoms with Crippen molar-refractivity contribution in [3.8, 4) is 91.0 Å². The average Bonchev–Trinajstić information content (AvgIpc) is 4.11. The van der Waals surface area contributed by atoms with E-state index in [1.54, 1.807) is 0 Å². The molecule has 0 unspecified atom stereocenters. The number of oxazole rings is 2. The molecule has 0 fully saturated rings. The Balaban J connectivity index is 0.849. The summed E-state index contributed by atoms with van der Waals surface area (Å²) in [6.45, 7) is 0. The molecule has 0 saturated heterocycles. The maximum atomic E-state index is 6.40. The predicted molar refractivity (Wildman–Crippen MR) is 216 cm³/mol. The van der Waals surface area contributed by atoms with Crippen LogP contribution in [0, 0.1) is 0 Å². The molecule has 11 rings (SSSR count).